The van der Waals surface area contributed by atoms with Crippen LogP contribution in [-0.4, -0.2) is 63.4 Å². The first-order valence-corrected chi connectivity index (χ1v) is 10.2. The summed E-state index contributed by atoms with van der Waals surface area (Å²) in [6.45, 7) is 3.48. The zero-order valence-corrected chi connectivity index (χ0v) is 17.2. The van der Waals surface area contributed by atoms with Crippen LogP contribution in [0.3, 0.4) is 0 Å². The van der Waals surface area contributed by atoms with Gasteiger partial charge in [0.25, 0.3) is 0 Å². The zero-order chi connectivity index (χ0) is 20.8. The molecule has 1 aromatic heterocycles. The highest BCUT2D eigenvalue weighted by Crippen LogP contribution is 2.15. The van der Waals surface area contributed by atoms with Crippen molar-refractivity contribution in [1.82, 2.24) is 30.4 Å². The number of ether oxygens (including phenoxy) is 1. The molecule has 0 saturated carbocycles. The van der Waals surface area contributed by atoms with Gasteiger partial charge in [-0.25, -0.2) is 0 Å². The number of benzene rings is 2. The molecule has 0 aliphatic carbocycles. The van der Waals surface area contributed by atoms with Gasteiger partial charge in [0.05, 0.1) is 12.7 Å². The summed E-state index contributed by atoms with van der Waals surface area (Å²) in [6.07, 6.45) is -0.0644. The van der Waals surface area contributed by atoms with Crippen LogP contribution in [0.1, 0.15) is 5.56 Å². The highest BCUT2D eigenvalue weighted by Gasteiger charge is 2.21. The van der Waals surface area contributed by atoms with Gasteiger partial charge in [0.15, 0.2) is 0 Å². The van der Waals surface area contributed by atoms with E-state index in [2.05, 4.69) is 31.7 Å². The zero-order valence-electron chi connectivity index (χ0n) is 16.4. The second-order valence-corrected chi connectivity index (χ2v) is 7.61. The van der Waals surface area contributed by atoms with Gasteiger partial charge in [-0.1, -0.05) is 54.1 Å². The smallest absolute Gasteiger partial charge is 0.243 e. The third-order valence-corrected chi connectivity index (χ3v) is 5.05. The summed E-state index contributed by atoms with van der Waals surface area (Å²) in [5, 5.41) is 15.9. The van der Waals surface area contributed by atoms with Gasteiger partial charge in [-0.15, -0.1) is 10.2 Å². The number of halogens is 1. The fourth-order valence-electron chi connectivity index (χ4n) is 3.37. The van der Waals surface area contributed by atoms with E-state index in [0.717, 1.165) is 30.2 Å². The van der Waals surface area contributed by atoms with Crippen molar-refractivity contribution in [2.75, 3.05) is 26.2 Å². The van der Waals surface area contributed by atoms with Crippen LogP contribution in [0.25, 0.3) is 11.4 Å². The van der Waals surface area contributed by atoms with E-state index >= 15 is 0 Å². The minimum atomic E-state index is -0.178. The Hall–Kier alpha value is -2.81. The van der Waals surface area contributed by atoms with Gasteiger partial charge in [0, 0.05) is 36.8 Å². The molecule has 0 bridgehead atoms. The molecule has 1 amide bonds. The molecular weight excluding hydrogens is 404 g/mol. The maximum atomic E-state index is 12.3. The van der Waals surface area contributed by atoms with Crippen molar-refractivity contribution in [2.45, 2.75) is 19.2 Å². The molecule has 1 atom stereocenters. The highest BCUT2D eigenvalue weighted by atomic mass is 35.5. The standard InChI is InChI=1S/C21H23ClN6O2/c22-18-8-4-5-16(11-18)13-27-9-10-30-19(14-27)12-23-20(29)15-28-25-21(24-26-28)17-6-2-1-3-7-17/h1-8,11,19H,9-10,12-15H2,(H,23,29)/t19-/m0/s1. The van der Waals surface area contributed by atoms with E-state index in [1.54, 1.807) is 0 Å². The van der Waals surface area contributed by atoms with Gasteiger partial charge in [-0.05, 0) is 22.9 Å². The summed E-state index contributed by atoms with van der Waals surface area (Å²) < 4.78 is 5.80. The molecule has 30 heavy (non-hydrogen) atoms. The number of nitrogens with one attached hydrogen (secondary N) is 1. The number of amides is 1. The Morgan fingerprint density at radius 3 is 2.90 bits per heavy atom. The SMILES string of the molecule is O=C(Cn1nnc(-c2ccccc2)n1)NC[C@H]1CN(Cc2cccc(Cl)c2)CCO1. The molecule has 1 aliphatic rings. The first-order valence-electron chi connectivity index (χ1n) is 9.84. The van der Waals surface area contributed by atoms with Crippen LogP contribution < -0.4 is 5.32 Å². The van der Waals surface area contributed by atoms with Crippen LogP contribution in [0.15, 0.2) is 54.6 Å². The van der Waals surface area contributed by atoms with E-state index in [0.29, 0.717) is 19.0 Å². The Kier molecular flexibility index (Phi) is 6.68. The molecule has 3 aromatic rings. The van der Waals surface area contributed by atoms with E-state index in [1.165, 1.54) is 10.4 Å². The number of aromatic nitrogens is 4. The Morgan fingerprint density at radius 1 is 1.20 bits per heavy atom. The summed E-state index contributed by atoms with van der Waals surface area (Å²) in [5.41, 5.74) is 2.03. The molecule has 9 heteroatoms. The fourth-order valence-corrected chi connectivity index (χ4v) is 3.58. The van der Waals surface area contributed by atoms with Crippen molar-refractivity contribution in [3.05, 3.63) is 65.2 Å². The summed E-state index contributed by atoms with van der Waals surface area (Å²) in [6, 6.07) is 17.4. The summed E-state index contributed by atoms with van der Waals surface area (Å²) in [7, 11) is 0. The molecule has 8 nitrogen and oxygen atoms in total. The molecule has 0 radical (unpaired) electrons. The predicted molar refractivity (Wildman–Crippen MR) is 113 cm³/mol. The lowest BCUT2D eigenvalue weighted by Crippen LogP contribution is -2.47. The predicted octanol–water partition coefficient (Wildman–Crippen LogP) is 2.01. The number of hydrogen-bond acceptors (Lipinski definition) is 6. The maximum Gasteiger partial charge on any atom is 0.243 e. The largest absolute Gasteiger partial charge is 0.374 e. The van der Waals surface area contributed by atoms with E-state index in [4.69, 9.17) is 16.3 Å². The number of carbonyl (C=O) groups is 1. The number of hydrogen-bond donors (Lipinski definition) is 1. The Balaban J connectivity index is 1.24. The molecule has 1 saturated heterocycles. The molecule has 2 aromatic carbocycles. The number of tetrazole rings is 1. The van der Waals surface area contributed by atoms with Crippen molar-refractivity contribution in [1.29, 1.82) is 0 Å². The lowest BCUT2D eigenvalue weighted by atomic mass is 10.2. The average Bonchev–Trinajstić information content (AvgIpc) is 3.22. The summed E-state index contributed by atoms with van der Waals surface area (Å²) in [4.78, 5) is 15.9. The van der Waals surface area contributed by atoms with E-state index in [1.807, 2.05) is 48.5 Å². The molecule has 1 aliphatic heterocycles. The minimum absolute atomic E-state index is 0.0127. The van der Waals surface area contributed by atoms with Crippen LogP contribution >= 0.6 is 11.6 Å². The first kappa shape index (κ1) is 20.5. The monoisotopic (exact) mass is 426 g/mol. The third kappa shape index (κ3) is 5.63. The van der Waals surface area contributed by atoms with Gasteiger partial charge in [0.2, 0.25) is 11.7 Å². The van der Waals surface area contributed by atoms with E-state index < -0.39 is 0 Å². The number of rotatable bonds is 7. The Bertz CT molecular complexity index is 980. The average molecular weight is 427 g/mol. The van der Waals surface area contributed by atoms with Gasteiger partial charge < -0.3 is 10.1 Å². The van der Waals surface area contributed by atoms with Crippen molar-refractivity contribution < 1.29 is 9.53 Å². The molecule has 1 N–H and O–H groups in total. The lowest BCUT2D eigenvalue weighted by molar-refractivity contribution is -0.123. The van der Waals surface area contributed by atoms with Crippen LogP contribution in [-0.2, 0) is 22.6 Å². The van der Waals surface area contributed by atoms with E-state index in [-0.39, 0.29) is 18.6 Å². The quantitative estimate of drug-likeness (QED) is 0.622. The molecular formula is C21H23ClN6O2. The van der Waals surface area contributed by atoms with Gasteiger partial charge in [-0.2, -0.15) is 4.80 Å². The van der Waals surface area contributed by atoms with Gasteiger partial charge in [0.1, 0.15) is 6.54 Å². The minimum Gasteiger partial charge on any atom is -0.374 e. The Labute approximate surface area is 179 Å². The van der Waals surface area contributed by atoms with Gasteiger partial charge >= 0.3 is 0 Å². The summed E-state index contributed by atoms with van der Waals surface area (Å²) >= 11 is 6.07. The second kappa shape index (κ2) is 9.80. The number of carbonyl (C=O) groups excluding carboxylic acids is 1. The lowest BCUT2D eigenvalue weighted by Gasteiger charge is -2.33. The molecule has 156 valence electrons. The van der Waals surface area contributed by atoms with Gasteiger partial charge in [-0.3, -0.25) is 9.69 Å². The molecule has 0 unspecified atom stereocenters. The van der Waals surface area contributed by atoms with Crippen molar-refractivity contribution in [3.63, 3.8) is 0 Å². The summed E-state index contributed by atoms with van der Waals surface area (Å²) in [5.74, 6) is 0.318. The maximum absolute atomic E-state index is 12.3. The van der Waals surface area contributed by atoms with Crippen LogP contribution in [0.5, 0.6) is 0 Å². The second-order valence-electron chi connectivity index (χ2n) is 7.17. The molecule has 0 spiro atoms. The first-order chi connectivity index (χ1) is 14.7. The fraction of sp³-hybridized carbons (Fsp3) is 0.333. The van der Waals surface area contributed by atoms with Crippen LogP contribution in [0, 0.1) is 0 Å². The van der Waals surface area contributed by atoms with E-state index in [9.17, 15) is 4.79 Å². The van der Waals surface area contributed by atoms with Crippen molar-refractivity contribution in [2.24, 2.45) is 0 Å². The molecule has 4 rings (SSSR count). The van der Waals surface area contributed by atoms with Crippen LogP contribution in [0.2, 0.25) is 5.02 Å². The van der Waals surface area contributed by atoms with Crippen molar-refractivity contribution in [3.8, 4) is 11.4 Å². The highest BCUT2D eigenvalue weighted by molar-refractivity contribution is 6.30. The molecule has 1 fully saturated rings. The topological polar surface area (TPSA) is 85.2 Å². The van der Waals surface area contributed by atoms with Crippen molar-refractivity contribution >= 4 is 17.5 Å². The number of nitrogens with zero attached hydrogens (tertiary/aromatic N) is 5. The third-order valence-electron chi connectivity index (χ3n) is 4.81. The van der Waals surface area contributed by atoms with Crippen LogP contribution in [0.4, 0.5) is 0 Å². The normalized spacial score (nSPS) is 17.0. The number of morpholine rings is 1. The molecule has 2 heterocycles. The Morgan fingerprint density at radius 2 is 2.07 bits per heavy atom.